The average molecular weight is 400 g/mol. The summed E-state index contributed by atoms with van der Waals surface area (Å²) in [6.45, 7) is 1.62. The lowest BCUT2D eigenvalue weighted by molar-refractivity contribution is -0.385. The van der Waals surface area contributed by atoms with Crippen LogP contribution in [0, 0.1) is 17.0 Å². The molecule has 7 heteroatoms. The molecular weight excluding hydrogens is 380 g/mol. The number of nitrogens with zero attached hydrogens (tertiary/aromatic N) is 2. The first kappa shape index (κ1) is 19.3. The standard InChI is InChI=1S/C23H20N4O3/c1-15-13-17(11-12-21(15)27(29)30)23(28)26-20(14-16-7-3-2-4-8-16)22-24-18-9-5-6-10-19(18)25-22/h2-13,20H,14H2,1H3,(H,24,25)(H,26,28)/t20-/m0/s1. The smallest absolute Gasteiger partial charge is 0.272 e. The first-order chi connectivity index (χ1) is 14.5. The highest BCUT2D eigenvalue weighted by atomic mass is 16.6. The molecule has 0 saturated carbocycles. The summed E-state index contributed by atoms with van der Waals surface area (Å²) in [5.74, 6) is 0.349. The summed E-state index contributed by atoms with van der Waals surface area (Å²) in [6, 6.07) is 21.5. The van der Waals surface area contributed by atoms with E-state index in [4.69, 9.17) is 0 Å². The molecular formula is C23H20N4O3. The maximum absolute atomic E-state index is 12.9. The number of amides is 1. The van der Waals surface area contributed by atoms with Crippen LogP contribution in [0.4, 0.5) is 5.69 Å². The molecule has 0 bridgehead atoms. The number of imidazole rings is 1. The predicted octanol–water partition coefficient (Wildman–Crippen LogP) is 4.49. The number of H-pyrrole nitrogens is 1. The Morgan fingerprint density at radius 1 is 1.10 bits per heavy atom. The van der Waals surface area contributed by atoms with Gasteiger partial charge < -0.3 is 10.3 Å². The first-order valence-electron chi connectivity index (χ1n) is 9.56. The van der Waals surface area contributed by atoms with Crippen molar-refractivity contribution in [2.45, 2.75) is 19.4 Å². The van der Waals surface area contributed by atoms with Crippen LogP contribution in [0.5, 0.6) is 0 Å². The first-order valence-corrected chi connectivity index (χ1v) is 9.56. The van der Waals surface area contributed by atoms with Crippen LogP contribution in [-0.4, -0.2) is 20.8 Å². The summed E-state index contributed by atoms with van der Waals surface area (Å²) < 4.78 is 0. The van der Waals surface area contributed by atoms with Crippen LogP contribution in [0.3, 0.4) is 0 Å². The molecule has 1 atom stereocenters. The second-order valence-electron chi connectivity index (χ2n) is 7.11. The zero-order valence-electron chi connectivity index (χ0n) is 16.3. The molecule has 2 N–H and O–H groups in total. The molecule has 0 fully saturated rings. The van der Waals surface area contributed by atoms with Crippen LogP contribution >= 0.6 is 0 Å². The third-order valence-corrected chi connectivity index (χ3v) is 4.98. The molecule has 1 aromatic heterocycles. The summed E-state index contributed by atoms with van der Waals surface area (Å²) >= 11 is 0. The fraction of sp³-hybridized carbons (Fsp3) is 0.130. The maximum Gasteiger partial charge on any atom is 0.272 e. The van der Waals surface area contributed by atoms with Gasteiger partial charge in [0.25, 0.3) is 11.6 Å². The molecule has 0 aliphatic carbocycles. The van der Waals surface area contributed by atoms with Crippen LogP contribution in [0.15, 0.2) is 72.8 Å². The maximum atomic E-state index is 12.9. The van der Waals surface area contributed by atoms with E-state index in [-0.39, 0.29) is 17.6 Å². The third-order valence-electron chi connectivity index (χ3n) is 4.98. The Labute approximate surface area is 172 Å². The number of nitrogens with one attached hydrogen (secondary N) is 2. The Kier molecular flexibility index (Phi) is 5.26. The van der Waals surface area contributed by atoms with Gasteiger partial charge in [0, 0.05) is 17.2 Å². The van der Waals surface area contributed by atoms with Crippen LogP contribution < -0.4 is 5.32 Å². The lowest BCUT2D eigenvalue weighted by atomic mass is 10.0. The van der Waals surface area contributed by atoms with E-state index in [0.29, 0.717) is 23.4 Å². The second kappa shape index (κ2) is 8.16. The molecule has 30 heavy (non-hydrogen) atoms. The summed E-state index contributed by atoms with van der Waals surface area (Å²) in [6.07, 6.45) is 0.554. The monoisotopic (exact) mass is 400 g/mol. The normalized spacial score (nSPS) is 11.9. The van der Waals surface area contributed by atoms with Crippen molar-refractivity contribution >= 4 is 22.6 Å². The minimum absolute atomic E-state index is 0.00957. The fourth-order valence-corrected chi connectivity index (χ4v) is 3.45. The second-order valence-corrected chi connectivity index (χ2v) is 7.11. The van der Waals surface area contributed by atoms with Gasteiger partial charge >= 0.3 is 0 Å². The third kappa shape index (κ3) is 4.05. The molecule has 0 radical (unpaired) electrons. The van der Waals surface area contributed by atoms with Gasteiger partial charge in [-0.2, -0.15) is 0 Å². The molecule has 150 valence electrons. The number of benzene rings is 3. The van der Waals surface area contributed by atoms with Crippen molar-refractivity contribution in [3.05, 3.63) is 105 Å². The number of hydrogen-bond acceptors (Lipinski definition) is 4. The Balaban J connectivity index is 1.64. The van der Waals surface area contributed by atoms with Gasteiger partial charge in [0.15, 0.2) is 0 Å². The SMILES string of the molecule is Cc1cc(C(=O)N[C@@H](Cc2ccccc2)c2nc3ccccc3[nH]2)ccc1[N+](=O)[O-]. The summed E-state index contributed by atoms with van der Waals surface area (Å²) in [7, 11) is 0. The molecule has 0 aliphatic rings. The summed E-state index contributed by atoms with van der Waals surface area (Å²) in [5.41, 5.74) is 3.58. The average Bonchev–Trinajstić information content (AvgIpc) is 3.18. The number of aromatic amines is 1. The van der Waals surface area contributed by atoms with E-state index < -0.39 is 4.92 Å². The molecule has 3 aromatic carbocycles. The number of rotatable bonds is 6. The van der Waals surface area contributed by atoms with Crippen LogP contribution in [0.2, 0.25) is 0 Å². The summed E-state index contributed by atoms with van der Waals surface area (Å²) in [5, 5.41) is 14.1. The number of nitro benzene ring substituents is 1. The van der Waals surface area contributed by atoms with Gasteiger partial charge in [-0.3, -0.25) is 14.9 Å². The molecule has 1 heterocycles. The van der Waals surface area contributed by atoms with E-state index in [1.165, 1.54) is 18.2 Å². The lowest BCUT2D eigenvalue weighted by Gasteiger charge is -2.17. The Morgan fingerprint density at radius 3 is 2.53 bits per heavy atom. The van der Waals surface area contributed by atoms with Crippen LogP contribution in [-0.2, 0) is 6.42 Å². The number of nitro groups is 1. The Bertz CT molecular complexity index is 1180. The Morgan fingerprint density at radius 2 is 1.83 bits per heavy atom. The van der Waals surface area contributed by atoms with Crippen molar-refractivity contribution < 1.29 is 9.72 Å². The van der Waals surface area contributed by atoms with Gasteiger partial charge in [-0.1, -0.05) is 42.5 Å². The minimum Gasteiger partial charge on any atom is -0.342 e. The summed E-state index contributed by atoms with van der Waals surface area (Å²) in [4.78, 5) is 31.5. The van der Waals surface area contributed by atoms with Gasteiger partial charge in [-0.05, 0) is 43.2 Å². The number of para-hydroxylation sites is 2. The molecule has 0 saturated heterocycles. The lowest BCUT2D eigenvalue weighted by Crippen LogP contribution is -2.30. The number of carbonyl (C=O) groups excluding carboxylic acids is 1. The molecule has 0 spiro atoms. The fourth-order valence-electron chi connectivity index (χ4n) is 3.45. The number of hydrogen-bond donors (Lipinski definition) is 2. The molecule has 0 unspecified atom stereocenters. The van der Waals surface area contributed by atoms with Gasteiger partial charge in [-0.15, -0.1) is 0 Å². The number of fused-ring (bicyclic) bond motifs is 1. The van der Waals surface area contributed by atoms with Crippen molar-refractivity contribution in [3.8, 4) is 0 Å². The van der Waals surface area contributed by atoms with Crippen molar-refractivity contribution in [1.29, 1.82) is 0 Å². The predicted molar refractivity (Wildman–Crippen MR) is 114 cm³/mol. The van der Waals surface area contributed by atoms with E-state index in [0.717, 1.165) is 16.6 Å². The van der Waals surface area contributed by atoms with Crippen molar-refractivity contribution in [2.24, 2.45) is 0 Å². The number of carbonyl (C=O) groups is 1. The molecule has 4 aromatic rings. The topological polar surface area (TPSA) is 101 Å². The highest BCUT2D eigenvalue weighted by Gasteiger charge is 2.21. The van der Waals surface area contributed by atoms with Gasteiger partial charge in [0.2, 0.25) is 0 Å². The minimum atomic E-state index is -0.455. The van der Waals surface area contributed by atoms with Crippen molar-refractivity contribution in [2.75, 3.05) is 0 Å². The highest BCUT2D eigenvalue weighted by molar-refractivity contribution is 5.95. The number of aromatic nitrogens is 2. The van der Waals surface area contributed by atoms with E-state index >= 15 is 0 Å². The van der Waals surface area contributed by atoms with Gasteiger partial charge in [0.1, 0.15) is 5.82 Å². The molecule has 7 nitrogen and oxygen atoms in total. The van der Waals surface area contributed by atoms with Gasteiger partial charge in [-0.25, -0.2) is 4.98 Å². The Hall–Kier alpha value is -4.00. The zero-order chi connectivity index (χ0) is 21.1. The molecule has 0 aliphatic heterocycles. The zero-order valence-corrected chi connectivity index (χ0v) is 16.3. The van der Waals surface area contributed by atoms with Crippen molar-refractivity contribution in [1.82, 2.24) is 15.3 Å². The largest absolute Gasteiger partial charge is 0.342 e. The van der Waals surface area contributed by atoms with E-state index in [2.05, 4.69) is 15.3 Å². The number of aryl methyl sites for hydroxylation is 1. The van der Waals surface area contributed by atoms with Crippen LogP contribution in [0.1, 0.15) is 33.4 Å². The van der Waals surface area contributed by atoms with Crippen molar-refractivity contribution in [3.63, 3.8) is 0 Å². The van der Waals surface area contributed by atoms with E-state index in [9.17, 15) is 14.9 Å². The van der Waals surface area contributed by atoms with E-state index in [1.54, 1.807) is 6.92 Å². The quantitative estimate of drug-likeness (QED) is 0.368. The molecule has 4 rings (SSSR count). The van der Waals surface area contributed by atoms with Crippen LogP contribution in [0.25, 0.3) is 11.0 Å². The van der Waals surface area contributed by atoms with E-state index in [1.807, 2.05) is 54.6 Å². The highest BCUT2D eigenvalue weighted by Crippen LogP contribution is 2.22. The molecule has 1 amide bonds. The van der Waals surface area contributed by atoms with Gasteiger partial charge in [0.05, 0.1) is 22.0 Å².